The first-order valence-electron chi connectivity index (χ1n) is 7.91. The number of halogens is 1. The molecule has 0 atom stereocenters. The van der Waals surface area contributed by atoms with Gasteiger partial charge in [0.2, 0.25) is 0 Å². The summed E-state index contributed by atoms with van der Waals surface area (Å²) in [6.45, 7) is 5.16. The number of benzene rings is 2. The lowest BCUT2D eigenvalue weighted by Crippen LogP contribution is -2.14. The van der Waals surface area contributed by atoms with Gasteiger partial charge in [0.25, 0.3) is 0 Å². The largest absolute Gasteiger partial charge is 0.491 e. The molecular weight excluding hydrogens is 368 g/mol. The second kappa shape index (κ2) is 10.1. The van der Waals surface area contributed by atoms with Crippen LogP contribution in [0.3, 0.4) is 0 Å². The zero-order valence-corrected chi connectivity index (χ0v) is 15.3. The van der Waals surface area contributed by atoms with Gasteiger partial charge in [0, 0.05) is 29.7 Å². The number of rotatable bonds is 9. The van der Waals surface area contributed by atoms with Crippen LogP contribution < -0.4 is 10.1 Å². The molecule has 24 heavy (non-hydrogen) atoms. The van der Waals surface area contributed by atoms with Crippen molar-refractivity contribution in [1.82, 2.24) is 5.32 Å². The molecule has 1 N–H and O–H groups in total. The van der Waals surface area contributed by atoms with Crippen LogP contribution in [0, 0.1) is 11.3 Å². The Morgan fingerprint density at radius 3 is 2.79 bits per heavy atom. The van der Waals surface area contributed by atoms with Gasteiger partial charge in [0.05, 0.1) is 18.2 Å². The van der Waals surface area contributed by atoms with Crippen molar-refractivity contribution in [2.45, 2.75) is 20.0 Å². The minimum Gasteiger partial charge on any atom is -0.491 e. The van der Waals surface area contributed by atoms with Gasteiger partial charge in [-0.15, -0.1) is 0 Å². The molecule has 0 aliphatic heterocycles. The summed E-state index contributed by atoms with van der Waals surface area (Å²) in [5.41, 5.74) is 2.84. The minimum atomic E-state index is 0.534. The Hall–Kier alpha value is -1.87. The van der Waals surface area contributed by atoms with Crippen molar-refractivity contribution in [2.75, 3.05) is 19.8 Å². The number of ether oxygens (including phenoxy) is 2. The van der Waals surface area contributed by atoms with E-state index in [0.29, 0.717) is 38.5 Å². The summed E-state index contributed by atoms with van der Waals surface area (Å²) in [6, 6.07) is 15.8. The van der Waals surface area contributed by atoms with Crippen molar-refractivity contribution in [3.63, 3.8) is 0 Å². The van der Waals surface area contributed by atoms with E-state index in [0.717, 1.165) is 21.3 Å². The fraction of sp³-hybridized carbons (Fsp3) is 0.316. The highest BCUT2D eigenvalue weighted by atomic mass is 79.9. The topological polar surface area (TPSA) is 54.3 Å². The maximum atomic E-state index is 8.95. The number of nitrogens with zero attached hydrogens (tertiary/aromatic N) is 1. The third-order valence-electron chi connectivity index (χ3n) is 3.41. The van der Waals surface area contributed by atoms with Crippen LogP contribution in [0.2, 0.25) is 0 Å². The Morgan fingerprint density at radius 1 is 1.12 bits per heavy atom. The maximum Gasteiger partial charge on any atom is 0.123 e. The lowest BCUT2D eigenvalue weighted by molar-refractivity contribution is 0.110. The SMILES string of the molecule is CCOCCOc1ccc(Br)cc1CNCc1cccc(C#N)c1. The van der Waals surface area contributed by atoms with Crippen LogP contribution in [-0.4, -0.2) is 19.8 Å². The molecule has 0 bridgehead atoms. The molecule has 0 aliphatic rings. The van der Waals surface area contributed by atoms with Crippen LogP contribution in [0.4, 0.5) is 0 Å². The van der Waals surface area contributed by atoms with Gasteiger partial charge in [0.1, 0.15) is 12.4 Å². The number of nitrogens with one attached hydrogen (secondary N) is 1. The van der Waals surface area contributed by atoms with Gasteiger partial charge in [-0.2, -0.15) is 5.26 Å². The van der Waals surface area contributed by atoms with Crippen LogP contribution in [0.5, 0.6) is 5.75 Å². The van der Waals surface area contributed by atoms with Gasteiger partial charge < -0.3 is 14.8 Å². The summed E-state index contributed by atoms with van der Waals surface area (Å²) in [5.74, 6) is 0.858. The van der Waals surface area contributed by atoms with E-state index in [9.17, 15) is 0 Å². The first-order valence-corrected chi connectivity index (χ1v) is 8.71. The first-order chi connectivity index (χ1) is 11.7. The Bertz CT molecular complexity index is 698. The molecule has 4 nitrogen and oxygen atoms in total. The van der Waals surface area contributed by atoms with Crippen LogP contribution in [-0.2, 0) is 17.8 Å². The molecule has 0 unspecified atom stereocenters. The molecule has 0 saturated carbocycles. The van der Waals surface area contributed by atoms with Gasteiger partial charge in [-0.05, 0) is 42.8 Å². The standard InChI is InChI=1S/C19H21BrN2O2/c1-2-23-8-9-24-19-7-6-18(20)11-17(19)14-22-13-16-5-3-4-15(10-16)12-21/h3-7,10-11,22H,2,8-9,13-14H2,1H3. The highest BCUT2D eigenvalue weighted by Crippen LogP contribution is 2.23. The normalized spacial score (nSPS) is 10.4. The molecule has 2 aromatic rings. The van der Waals surface area contributed by atoms with Crippen molar-refractivity contribution in [3.05, 3.63) is 63.6 Å². The average Bonchev–Trinajstić information content (AvgIpc) is 2.60. The molecule has 0 aromatic heterocycles. The van der Waals surface area contributed by atoms with Gasteiger partial charge >= 0.3 is 0 Å². The summed E-state index contributed by atoms with van der Waals surface area (Å²) in [4.78, 5) is 0. The molecular formula is C19H21BrN2O2. The van der Waals surface area contributed by atoms with Gasteiger partial charge in [-0.25, -0.2) is 0 Å². The van der Waals surface area contributed by atoms with Crippen molar-refractivity contribution < 1.29 is 9.47 Å². The number of hydrogen-bond donors (Lipinski definition) is 1. The zero-order chi connectivity index (χ0) is 17.2. The smallest absolute Gasteiger partial charge is 0.123 e. The predicted octanol–water partition coefficient (Wildman–Crippen LogP) is 4.03. The lowest BCUT2D eigenvalue weighted by atomic mass is 10.1. The van der Waals surface area contributed by atoms with E-state index in [1.165, 1.54) is 0 Å². The highest BCUT2D eigenvalue weighted by Gasteiger charge is 2.05. The minimum absolute atomic E-state index is 0.534. The molecule has 0 heterocycles. The molecule has 2 rings (SSSR count). The third-order valence-corrected chi connectivity index (χ3v) is 3.91. The average molecular weight is 389 g/mol. The molecule has 0 spiro atoms. The van der Waals surface area contributed by atoms with Crippen molar-refractivity contribution in [1.29, 1.82) is 5.26 Å². The van der Waals surface area contributed by atoms with Crippen molar-refractivity contribution >= 4 is 15.9 Å². The summed E-state index contributed by atoms with van der Waals surface area (Å²) in [6.07, 6.45) is 0. The number of nitriles is 1. The Kier molecular flexibility index (Phi) is 7.76. The molecule has 0 aliphatic carbocycles. The zero-order valence-electron chi connectivity index (χ0n) is 13.7. The summed E-state index contributed by atoms with van der Waals surface area (Å²) in [7, 11) is 0. The molecule has 2 aromatic carbocycles. The van der Waals surface area contributed by atoms with Crippen molar-refractivity contribution in [3.8, 4) is 11.8 Å². The quantitative estimate of drug-likeness (QED) is 0.658. The van der Waals surface area contributed by atoms with E-state index >= 15 is 0 Å². The van der Waals surface area contributed by atoms with Gasteiger partial charge in [-0.3, -0.25) is 0 Å². The van der Waals surface area contributed by atoms with Crippen LogP contribution in [0.15, 0.2) is 46.9 Å². The van der Waals surface area contributed by atoms with Crippen molar-refractivity contribution in [2.24, 2.45) is 0 Å². The van der Waals surface area contributed by atoms with Crippen LogP contribution in [0.25, 0.3) is 0 Å². The molecule has 126 valence electrons. The fourth-order valence-corrected chi connectivity index (χ4v) is 2.68. The van der Waals surface area contributed by atoms with Gasteiger partial charge in [-0.1, -0.05) is 28.1 Å². The first kappa shape index (κ1) is 18.5. The van der Waals surface area contributed by atoms with E-state index < -0.39 is 0 Å². The highest BCUT2D eigenvalue weighted by molar-refractivity contribution is 9.10. The molecule has 0 radical (unpaired) electrons. The number of hydrogen-bond acceptors (Lipinski definition) is 4. The summed E-state index contributed by atoms with van der Waals surface area (Å²) < 4.78 is 12.1. The van der Waals surface area contributed by atoms with E-state index in [1.807, 2.05) is 43.3 Å². The fourth-order valence-electron chi connectivity index (χ4n) is 2.27. The van der Waals surface area contributed by atoms with E-state index in [-0.39, 0.29) is 0 Å². The molecule has 0 fully saturated rings. The Morgan fingerprint density at radius 2 is 2.00 bits per heavy atom. The monoisotopic (exact) mass is 388 g/mol. The third kappa shape index (κ3) is 5.97. The Balaban J connectivity index is 1.93. The maximum absolute atomic E-state index is 8.95. The van der Waals surface area contributed by atoms with Crippen LogP contribution in [0.1, 0.15) is 23.6 Å². The van der Waals surface area contributed by atoms with Gasteiger partial charge in [0.15, 0.2) is 0 Å². The summed E-state index contributed by atoms with van der Waals surface area (Å²) >= 11 is 3.50. The van der Waals surface area contributed by atoms with E-state index in [1.54, 1.807) is 0 Å². The molecule has 5 heteroatoms. The molecule has 0 amide bonds. The summed E-state index contributed by atoms with van der Waals surface area (Å²) in [5, 5.41) is 12.3. The Labute approximate surface area is 151 Å². The molecule has 0 saturated heterocycles. The van der Waals surface area contributed by atoms with E-state index in [4.69, 9.17) is 14.7 Å². The second-order valence-corrected chi connectivity index (χ2v) is 6.13. The predicted molar refractivity (Wildman–Crippen MR) is 97.8 cm³/mol. The lowest BCUT2D eigenvalue weighted by Gasteiger charge is -2.13. The second-order valence-electron chi connectivity index (χ2n) is 5.21. The van der Waals surface area contributed by atoms with E-state index in [2.05, 4.69) is 33.4 Å². The van der Waals surface area contributed by atoms with Crippen LogP contribution >= 0.6 is 15.9 Å².